The summed E-state index contributed by atoms with van der Waals surface area (Å²) in [6.07, 6.45) is 0. The Morgan fingerprint density at radius 2 is 0.930 bits per heavy atom. The minimum Gasteiger partial charge on any atom is -0.456 e. The summed E-state index contributed by atoms with van der Waals surface area (Å²) < 4.78 is 11.8. The zero-order valence-corrected chi connectivity index (χ0v) is 38.2. The molecule has 71 heavy (non-hydrogen) atoms. The van der Waals surface area contributed by atoms with Crippen molar-refractivity contribution in [2.24, 2.45) is 0 Å². The van der Waals surface area contributed by atoms with Crippen molar-refractivity contribution in [1.29, 1.82) is 0 Å². The summed E-state index contributed by atoms with van der Waals surface area (Å²) in [6.45, 7) is 0. The van der Waals surface area contributed by atoms with Crippen LogP contribution >= 0.6 is 0 Å². The molecule has 0 atom stereocenters. The summed E-state index contributed by atoms with van der Waals surface area (Å²) in [7, 11) is 0. The summed E-state index contributed by atoms with van der Waals surface area (Å²) >= 11 is 0. The van der Waals surface area contributed by atoms with Crippen LogP contribution in [0.3, 0.4) is 0 Å². The number of nitrogens with zero attached hydrogens (tertiary/aromatic N) is 5. The fourth-order valence-corrected chi connectivity index (χ4v) is 11.1. The topological polar surface area (TPSA) is 61.7 Å². The Morgan fingerprint density at radius 1 is 0.296 bits per heavy atom. The van der Waals surface area contributed by atoms with Gasteiger partial charge in [0.1, 0.15) is 11.2 Å². The van der Waals surface area contributed by atoms with Crippen molar-refractivity contribution in [3.63, 3.8) is 0 Å². The Hall–Kier alpha value is -9.65. The van der Waals surface area contributed by atoms with E-state index >= 15 is 0 Å². The Balaban J connectivity index is 0.985. The fraction of sp³-hybridized carbons (Fsp3) is 0. The number of hydrogen-bond acceptors (Lipinski definition) is 4. The highest BCUT2D eigenvalue weighted by Gasteiger charge is 2.24. The molecule has 15 rings (SSSR count). The Bertz CT molecular complexity index is 4630. The van der Waals surface area contributed by atoms with Gasteiger partial charge >= 0.3 is 0 Å². The van der Waals surface area contributed by atoms with E-state index in [-0.39, 0.29) is 0 Å². The molecule has 0 N–H and O–H groups in total. The first-order valence-electron chi connectivity index (χ1n) is 24.0. The van der Waals surface area contributed by atoms with Gasteiger partial charge < -0.3 is 13.6 Å². The third kappa shape index (κ3) is 6.11. The Labute approximate surface area is 407 Å². The number of aromatic nitrogens is 5. The first-order chi connectivity index (χ1) is 35.2. The smallest absolute Gasteiger partial charge is 0.164 e. The molecule has 0 bridgehead atoms. The highest BCUT2D eigenvalue weighted by Crippen LogP contribution is 2.45. The molecule has 0 radical (unpaired) electrons. The van der Waals surface area contributed by atoms with Crippen molar-refractivity contribution >= 4 is 87.1 Å². The zero-order valence-electron chi connectivity index (χ0n) is 38.2. The third-order valence-corrected chi connectivity index (χ3v) is 14.3. The number of benzene rings is 11. The molecular formula is C65H39N5O. The highest BCUT2D eigenvalue weighted by atomic mass is 16.3. The normalized spacial score (nSPS) is 11.9. The first kappa shape index (κ1) is 39.4. The van der Waals surface area contributed by atoms with Crippen LogP contribution < -0.4 is 0 Å². The number of hydrogen-bond donors (Lipinski definition) is 0. The molecule has 4 aromatic heterocycles. The maximum absolute atomic E-state index is 6.98. The first-order valence-corrected chi connectivity index (χ1v) is 24.0. The second-order valence-electron chi connectivity index (χ2n) is 18.3. The maximum atomic E-state index is 6.98. The van der Waals surface area contributed by atoms with Crippen LogP contribution in [-0.2, 0) is 0 Å². The van der Waals surface area contributed by atoms with Gasteiger partial charge in [0.2, 0.25) is 0 Å². The second kappa shape index (κ2) is 15.4. The van der Waals surface area contributed by atoms with Gasteiger partial charge in [0.05, 0.1) is 27.8 Å². The van der Waals surface area contributed by atoms with Crippen molar-refractivity contribution in [3.05, 3.63) is 237 Å². The predicted octanol–water partition coefficient (Wildman–Crippen LogP) is 16.9. The van der Waals surface area contributed by atoms with Crippen molar-refractivity contribution in [2.45, 2.75) is 0 Å². The highest BCUT2D eigenvalue weighted by molar-refractivity contribution is 6.24. The average molecular weight is 906 g/mol. The third-order valence-electron chi connectivity index (χ3n) is 14.3. The molecule has 15 aromatic rings. The van der Waals surface area contributed by atoms with Crippen LogP contribution in [0, 0.1) is 0 Å². The van der Waals surface area contributed by atoms with Crippen molar-refractivity contribution in [2.75, 3.05) is 0 Å². The lowest BCUT2D eigenvalue weighted by molar-refractivity contribution is 0.668. The van der Waals surface area contributed by atoms with Crippen LogP contribution in [0.25, 0.3) is 144 Å². The van der Waals surface area contributed by atoms with E-state index in [0.717, 1.165) is 88.6 Å². The van der Waals surface area contributed by atoms with E-state index in [1.807, 2.05) is 24.3 Å². The molecule has 0 saturated heterocycles. The predicted molar refractivity (Wildman–Crippen MR) is 293 cm³/mol. The Kier molecular flexibility index (Phi) is 8.56. The molecule has 6 nitrogen and oxygen atoms in total. The number of fused-ring (bicyclic) bond motifs is 12. The monoisotopic (exact) mass is 905 g/mol. The molecule has 6 heteroatoms. The summed E-state index contributed by atoms with van der Waals surface area (Å²) in [5.74, 6) is 1.75. The van der Waals surface area contributed by atoms with Gasteiger partial charge in [-0.05, 0) is 81.7 Å². The standard InChI is InChI=1S/C65H39N5O/c1-4-17-40(18-5-1)51-38-53-60(39-58(51)70-55-34-32-41-19-12-13-26-47(41)61(55)52-35-43-22-10-11-23-44(43)36-57(52)70)71-59-30-16-28-50(62(53)59)65-67-63(42-20-6-2-7-21-42)66-64(68-65)45-31-33-49-48-27-14-15-29-54(48)69(56(49)37-45)46-24-8-3-9-25-46/h1-39H. The summed E-state index contributed by atoms with van der Waals surface area (Å²) in [5.41, 5.74) is 13.0. The number of rotatable bonds is 6. The largest absolute Gasteiger partial charge is 0.456 e. The fourth-order valence-electron chi connectivity index (χ4n) is 11.1. The van der Waals surface area contributed by atoms with Gasteiger partial charge in [-0.3, -0.25) is 0 Å². The van der Waals surface area contributed by atoms with Gasteiger partial charge in [0.25, 0.3) is 0 Å². The SMILES string of the molecule is c1ccc(-c2nc(-c3ccc4c5ccccc5n(-c5ccccc5)c4c3)nc(-c3cccc4oc5cc(-n6c7cc8ccccc8cc7c7c8ccccc8ccc76)c(-c6ccccc6)cc5c34)n2)cc1. The molecule has 0 aliphatic rings. The van der Waals surface area contributed by atoms with E-state index < -0.39 is 0 Å². The maximum Gasteiger partial charge on any atom is 0.164 e. The molecular weight excluding hydrogens is 867 g/mol. The molecule has 0 amide bonds. The number of para-hydroxylation sites is 2. The molecule has 11 aromatic carbocycles. The van der Waals surface area contributed by atoms with Crippen LogP contribution in [0.4, 0.5) is 0 Å². The summed E-state index contributed by atoms with van der Waals surface area (Å²) in [4.78, 5) is 15.9. The lowest BCUT2D eigenvalue weighted by Gasteiger charge is -2.15. The van der Waals surface area contributed by atoms with E-state index in [1.54, 1.807) is 0 Å². The average Bonchev–Trinajstić information content (AvgIpc) is 4.09. The van der Waals surface area contributed by atoms with Crippen LogP contribution in [0.5, 0.6) is 0 Å². The molecule has 330 valence electrons. The van der Waals surface area contributed by atoms with Crippen molar-refractivity contribution in [3.8, 4) is 56.7 Å². The van der Waals surface area contributed by atoms with Gasteiger partial charge in [0.15, 0.2) is 17.5 Å². The quantitative estimate of drug-likeness (QED) is 0.167. The lowest BCUT2D eigenvalue weighted by atomic mass is 9.98. The summed E-state index contributed by atoms with van der Waals surface area (Å²) in [5, 5.41) is 11.6. The molecule has 0 aliphatic heterocycles. The second-order valence-corrected chi connectivity index (χ2v) is 18.3. The van der Waals surface area contributed by atoms with Crippen molar-refractivity contribution in [1.82, 2.24) is 24.1 Å². The van der Waals surface area contributed by atoms with Crippen LogP contribution in [0.1, 0.15) is 0 Å². The van der Waals surface area contributed by atoms with Gasteiger partial charge in [-0.1, -0.05) is 176 Å². The lowest BCUT2D eigenvalue weighted by Crippen LogP contribution is -2.01. The van der Waals surface area contributed by atoms with Gasteiger partial charge in [-0.25, -0.2) is 15.0 Å². The molecule has 0 spiro atoms. The molecule has 0 fully saturated rings. The van der Waals surface area contributed by atoms with E-state index in [0.29, 0.717) is 17.5 Å². The van der Waals surface area contributed by atoms with E-state index in [4.69, 9.17) is 19.4 Å². The van der Waals surface area contributed by atoms with Crippen LogP contribution in [0.2, 0.25) is 0 Å². The molecule has 0 aliphatic carbocycles. The van der Waals surface area contributed by atoms with Crippen molar-refractivity contribution < 1.29 is 4.42 Å². The molecule has 0 unspecified atom stereocenters. The van der Waals surface area contributed by atoms with Crippen LogP contribution in [-0.4, -0.2) is 24.1 Å². The van der Waals surface area contributed by atoms with E-state index in [2.05, 4.69) is 221 Å². The number of furan rings is 1. The molecule has 0 saturated carbocycles. The Morgan fingerprint density at radius 3 is 1.73 bits per heavy atom. The van der Waals surface area contributed by atoms with Gasteiger partial charge in [0, 0.05) is 66.3 Å². The minimum atomic E-state index is 0.567. The molecule has 4 heterocycles. The van der Waals surface area contributed by atoms with Gasteiger partial charge in [-0.15, -0.1) is 0 Å². The van der Waals surface area contributed by atoms with E-state index in [9.17, 15) is 0 Å². The zero-order chi connectivity index (χ0) is 46.6. The minimum absolute atomic E-state index is 0.567. The summed E-state index contributed by atoms with van der Waals surface area (Å²) in [6, 6.07) is 83.9. The van der Waals surface area contributed by atoms with Gasteiger partial charge in [-0.2, -0.15) is 0 Å². The van der Waals surface area contributed by atoms with E-state index in [1.165, 1.54) is 37.7 Å². The van der Waals surface area contributed by atoms with Crippen LogP contribution in [0.15, 0.2) is 241 Å².